The zero-order valence-electron chi connectivity index (χ0n) is 9.87. The summed E-state index contributed by atoms with van der Waals surface area (Å²) in [6, 6.07) is 7.06. The summed E-state index contributed by atoms with van der Waals surface area (Å²) >= 11 is 0. The van der Waals surface area contributed by atoms with Crippen molar-refractivity contribution in [3.8, 4) is 0 Å². The molecule has 0 aromatic heterocycles. The highest BCUT2D eigenvalue weighted by atomic mass is 35.5. The van der Waals surface area contributed by atoms with Gasteiger partial charge < -0.3 is 15.4 Å². The Morgan fingerprint density at radius 3 is 3.12 bits per heavy atom. The molecule has 0 bridgehead atoms. The Kier molecular flexibility index (Phi) is 4.26. The average molecular weight is 255 g/mol. The van der Waals surface area contributed by atoms with Gasteiger partial charge in [0.05, 0.1) is 12.6 Å². The molecular formula is C13H19ClN2O. The second kappa shape index (κ2) is 5.71. The summed E-state index contributed by atoms with van der Waals surface area (Å²) in [6.45, 7) is 3.84. The lowest BCUT2D eigenvalue weighted by Gasteiger charge is -2.22. The van der Waals surface area contributed by atoms with Crippen molar-refractivity contribution < 1.29 is 4.74 Å². The monoisotopic (exact) mass is 254 g/mol. The minimum absolute atomic E-state index is 0. The zero-order chi connectivity index (χ0) is 10.8. The summed E-state index contributed by atoms with van der Waals surface area (Å²) in [5.74, 6) is 0. The van der Waals surface area contributed by atoms with Gasteiger partial charge in [0.25, 0.3) is 0 Å². The molecule has 3 rings (SSSR count). The third-order valence-corrected chi connectivity index (χ3v) is 3.43. The molecule has 2 heterocycles. The zero-order valence-corrected chi connectivity index (χ0v) is 10.7. The van der Waals surface area contributed by atoms with E-state index in [4.69, 9.17) is 4.74 Å². The molecule has 0 aliphatic carbocycles. The van der Waals surface area contributed by atoms with E-state index in [1.54, 1.807) is 0 Å². The molecule has 4 heteroatoms. The maximum atomic E-state index is 5.40. The number of nitrogens with one attached hydrogen (secondary N) is 2. The third kappa shape index (κ3) is 2.73. The van der Waals surface area contributed by atoms with Crippen LogP contribution in [-0.2, 0) is 17.7 Å². The molecule has 1 aromatic rings. The third-order valence-electron chi connectivity index (χ3n) is 3.43. The van der Waals surface area contributed by atoms with Gasteiger partial charge in [0.2, 0.25) is 0 Å². The first-order valence-electron chi connectivity index (χ1n) is 6.09. The van der Waals surface area contributed by atoms with E-state index in [9.17, 15) is 0 Å². The van der Waals surface area contributed by atoms with Crippen LogP contribution < -0.4 is 10.6 Å². The molecule has 0 amide bonds. The van der Waals surface area contributed by atoms with Crippen LogP contribution in [-0.4, -0.2) is 25.8 Å². The number of rotatable bonds is 2. The molecule has 0 spiro atoms. The Balaban J connectivity index is 0.00000108. The molecule has 1 saturated heterocycles. The molecule has 2 aliphatic heterocycles. The highest BCUT2D eigenvalue weighted by Gasteiger charge is 2.18. The number of fused-ring (bicyclic) bond motifs is 1. The van der Waals surface area contributed by atoms with Gasteiger partial charge in [-0.15, -0.1) is 12.4 Å². The van der Waals surface area contributed by atoms with Gasteiger partial charge in [0.1, 0.15) is 0 Å². The van der Waals surface area contributed by atoms with Gasteiger partial charge in [0, 0.05) is 18.8 Å². The number of anilines is 1. The second-order valence-electron chi connectivity index (χ2n) is 4.57. The molecule has 2 N–H and O–H groups in total. The van der Waals surface area contributed by atoms with E-state index in [2.05, 4.69) is 28.8 Å². The van der Waals surface area contributed by atoms with Crippen molar-refractivity contribution in [2.24, 2.45) is 0 Å². The molecule has 2 aliphatic rings. The molecule has 1 atom stereocenters. The molecule has 0 saturated carbocycles. The van der Waals surface area contributed by atoms with Gasteiger partial charge >= 0.3 is 0 Å². The van der Waals surface area contributed by atoms with Crippen LogP contribution in [0.5, 0.6) is 0 Å². The molecule has 1 unspecified atom stereocenters. The van der Waals surface area contributed by atoms with E-state index >= 15 is 0 Å². The SMILES string of the molecule is Cl.c1cc2c(c(NC3CCOC3)c1)CCNC2. The van der Waals surface area contributed by atoms with Crippen LogP contribution in [0, 0.1) is 0 Å². The van der Waals surface area contributed by atoms with Crippen molar-refractivity contribution in [2.75, 3.05) is 25.1 Å². The lowest BCUT2D eigenvalue weighted by Crippen LogP contribution is -2.26. The standard InChI is InChI=1S/C13H18N2O.ClH/c1-2-10-8-14-6-4-12(10)13(3-1)15-11-5-7-16-9-11;/h1-3,11,14-15H,4-9H2;1H. The first kappa shape index (κ1) is 12.7. The van der Waals surface area contributed by atoms with Crippen molar-refractivity contribution >= 4 is 18.1 Å². The number of halogens is 1. The highest BCUT2D eigenvalue weighted by Crippen LogP contribution is 2.24. The van der Waals surface area contributed by atoms with E-state index in [0.29, 0.717) is 6.04 Å². The van der Waals surface area contributed by atoms with Crippen LogP contribution in [0.4, 0.5) is 5.69 Å². The van der Waals surface area contributed by atoms with E-state index in [1.165, 1.54) is 16.8 Å². The van der Waals surface area contributed by atoms with Crippen LogP contribution in [0.15, 0.2) is 18.2 Å². The molecule has 0 radical (unpaired) electrons. The van der Waals surface area contributed by atoms with Crippen LogP contribution in [0.2, 0.25) is 0 Å². The van der Waals surface area contributed by atoms with Gasteiger partial charge in [-0.3, -0.25) is 0 Å². The van der Waals surface area contributed by atoms with Gasteiger partial charge in [-0.2, -0.15) is 0 Å². The summed E-state index contributed by atoms with van der Waals surface area (Å²) in [6.07, 6.45) is 2.26. The lowest BCUT2D eigenvalue weighted by atomic mass is 9.98. The van der Waals surface area contributed by atoms with Crippen molar-refractivity contribution in [1.29, 1.82) is 0 Å². The summed E-state index contributed by atoms with van der Waals surface area (Å²) in [5.41, 5.74) is 4.25. The van der Waals surface area contributed by atoms with Gasteiger partial charge in [-0.05, 0) is 36.6 Å². The quantitative estimate of drug-likeness (QED) is 0.847. The predicted octanol–water partition coefficient (Wildman–Crippen LogP) is 1.95. The smallest absolute Gasteiger partial charge is 0.0668 e. The summed E-state index contributed by atoms with van der Waals surface area (Å²) in [4.78, 5) is 0. The van der Waals surface area contributed by atoms with Crippen molar-refractivity contribution in [3.05, 3.63) is 29.3 Å². The van der Waals surface area contributed by atoms with E-state index in [1.807, 2.05) is 0 Å². The molecule has 94 valence electrons. The molecular weight excluding hydrogens is 236 g/mol. The number of ether oxygens (including phenoxy) is 1. The second-order valence-corrected chi connectivity index (χ2v) is 4.57. The van der Waals surface area contributed by atoms with Crippen molar-refractivity contribution in [1.82, 2.24) is 5.32 Å². The van der Waals surface area contributed by atoms with Crippen LogP contribution in [0.3, 0.4) is 0 Å². The summed E-state index contributed by atoms with van der Waals surface area (Å²) in [5, 5.41) is 7.03. The minimum Gasteiger partial charge on any atom is -0.380 e. The van der Waals surface area contributed by atoms with E-state index in [0.717, 1.165) is 39.1 Å². The number of hydrogen-bond acceptors (Lipinski definition) is 3. The number of benzene rings is 1. The Bertz CT molecular complexity index is 378. The fourth-order valence-electron chi connectivity index (χ4n) is 2.54. The highest BCUT2D eigenvalue weighted by molar-refractivity contribution is 5.85. The predicted molar refractivity (Wildman–Crippen MR) is 71.9 cm³/mol. The first-order valence-corrected chi connectivity index (χ1v) is 6.09. The van der Waals surface area contributed by atoms with Gasteiger partial charge in [-0.25, -0.2) is 0 Å². The van der Waals surface area contributed by atoms with Crippen LogP contribution in [0.25, 0.3) is 0 Å². The summed E-state index contributed by atoms with van der Waals surface area (Å²) in [7, 11) is 0. The molecule has 3 nitrogen and oxygen atoms in total. The first-order chi connectivity index (χ1) is 7.93. The normalized spacial score (nSPS) is 22.7. The lowest BCUT2D eigenvalue weighted by molar-refractivity contribution is 0.195. The van der Waals surface area contributed by atoms with Crippen LogP contribution >= 0.6 is 12.4 Å². The fourth-order valence-corrected chi connectivity index (χ4v) is 2.54. The Morgan fingerprint density at radius 1 is 1.35 bits per heavy atom. The van der Waals surface area contributed by atoms with Crippen LogP contribution in [0.1, 0.15) is 17.5 Å². The number of hydrogen-bond donors (Lipinski definition) is 2. The van der Waals surface area contributed by atoms with E-state index in [-0.39, 0.29) is 12.4 Å². The average Bonchev–Trinajstić information content (AvgIpc) is 2.82. The topological polar surface area (TPSA) is 33.3 Å². The van der Waals surface area contributed by atoms with E-state index < -0.39 is 0 Å². The minimum atomic E-state index is 0. The fraction of sp³-hybridized carbons (Fsp3) is 0.538. The summed E-state index contributed by atoms with van der Waals surface area (Å²) < 4.78 is 5.40. The largest absolute Gasteiger partial charge is 0.380 e. The van der Waals surface area contributed by atoms with Gasteiger partial charge in [0.15, 0.2) is 0 Å². The van der Waals surface area contributed by atoms with Crippen molar-refractivity contribution in [3.63, 3.8) is 0 Å². The maximum Gasteiger partial charge on any atom is 0.0668 e. The van der Waals surface area contributed by atoms with Gasteiger partial charge in [-0.1, -0.05) is 12.1 Å². The molecule has 1 aromatic carbocycles. The maximum absolute atomic E-state index is 5.40. The Labute approximate surface area is 108 Å². The molecule has 17 heavy (non-hydrogen) atoms. The van der Waals surface area contributed by atoms with Crippen molar-refractivity contribution in [2.45, 2.75) is 25.4 Å². The Hall–Kier alpha value is -0.770. The molecule has 1 fully saturated rings. The Morgan fingerprint density at radius 2 is 2.29 bits per heavy atom.